The summed E-state index contributed by atoms with van der Waals surface area (Å²) in [6.45, 7) is 6.21. The average Bonchev–Trinajstić information content (AvgIpc) is 2.31. The molecule has 0 saturated heterocycles. The summed E-state index contributed by atoms with van der Waals surface area (Å²) in [7, 11) is 0. The van der Waals surface area contributed by atoms with Gasteiger partial charge in [-0.15, -0.1) is 0 Å². The second-order valence-corrected chi connectivity index (χ2v) is 4.62. The highest BCUT2D eigenvalue weighted by Gasteiger charge is 2.04. The van der Waals surface area contributed by atoms with Gasteiger partial charge < -0.3 is 15.2 Å². The normalized spacial score (nSPS) is 10.9. The number of benzene rings is 1. The maximum absolute atomic E-state index is 13.6. The Morgan fingerprint density at radius 3 is 2.67 bits per heavy atom. The summed E-state index contributed by atoms with van der Waals surface area (Å²) in [6, 6.07) is 4.94. The van der Waals surface area contributed by atoms with Gasteiger partial charge in [0.15, 0.2) is 11.6 Å². The molecule has 3 nitrogen and oxygen atoms in total. The first-order valence-electron chi connectivity index (χ1n) is 6.32. The number of halogens is 1. The Kier molecular flexibility index (Phi) is 6.68. The van der Waals surface area contributed by atoms with E-state index in [1.54, 1.807) is 6.07 Å². The van der Waals surface area contributed by atoms with Crippen LogP contribution < -0.4 is 10.5 Å². The lowest BCUT2D eigenvalue weighted by molar-refractivity contribution is 0.0808. The molecule has 1 aromatic rings. The van der Waals surface area contributed by atoms with Crippen molar-refractivity contribution >= 4 is 0 Å². The van der Waals surface area contributed by atoms with E-state index in [2.05, 4.69) is 13.8 Å². The highest BCUT2D eigenvalue weighted by molar-refractivity contribution is 5.29. The Morgan fingerprint density at radius 2 is 2.06 bits per heavy atom. The first-order chi connectivity index (χ1) is 8.63. The van der Waals surface area contributed by atoms with Crippen LogP contribution in [0.25, 0.3) is 0 Å². The molecule has 0 heterocycles. The lowest BCUT2D eigenvalue weighted by atomic mass is 10.1. The summed E-state index contributed by atoms with van der Waals surface area (Å²) in [6.07, 6.45) is 0.675. The van der Waals surface area contributed by atoms with Gasteiger partial charge in [-0.3, -0.25) is 0 Å². The van der Waals surface area contributed by atoms with Crippen LogP contribution >= 0.6 is 0 Å². The maximum Gasteiger partial charge on any atom is 0.165 e. The molecule has 4 heteroatoms. The van der Waals surface area contributed by atoms with Crippen LogP contribution in [-0.2, 0) is 11.2 Å². The van der Waals surface area contributed by atoms with Crippen molar-refractivity contribution in [2.45, 2.75) is 20.3 Å². The quantitative estimate of drug-likeness (QED) is 0.725. The van der Waals surface area contributed by atoms with Gasteiger partial charge in [0.2, 0.25) is 0 Å². The number of hydrogen-bond acceptors (Lipinski definition) is 3. The van der Waals surface area contributed by atoms with Gasteiger partial charge in [-0.1, -0.05) is 19.9 Å². The van der Waals surface area contributed by atoms with E-state index in [9.17, 15) is 4.39 Å². The fraction of sp³-hybridized carbons (Fsp3) is 0.571. The van der Waals surface area contributed by atoms with Crippen molar-refractivity contribution in [1.29, 1.82) is 0 Å². The minimum absolute atomic E-state index is 0.268. The number of hydrogen-bond donors (Lipinski definition) is 1. The summed E-state index contributed by atoms with van der Waals surface area (Å²) in [4.78, 5) is 0. The predicted octanol–water partition coefficient (Wildman–Crippen LogP) is 2.38. The van der Waals surface area contributed by atoms with Crippen molar-refractivity contribution < 1.29 is 13.9 Å². The highest BCUT2D eigenvalue weighted by Crippen LogP contribution is 2.18. The van der Waals surface area contributed by atoms with Gasteiger partial charge in [0, 0.05) is 6.61 Å². The molecule has 0 aliphatic heterocycles. The number of rotatable bonds is 8. The van der Waals surface area contributed by atoms with Crippen molar-refractivity contribution in [3.63, 3.8) is 0 Å². The minimum Gasteiger partial charge on any atom is -0.488 e. The topological polar surface area (TPSA) is 44.5 Å². The molecule has 18 heavy (non-hydrogen) atoms. The maximum atomic E-state index is 13.6. The van der Waals surface area contributed by atoms with Crippen LogP contribution in [0.5, 0.6) is 5.75 Å². The van der Waals surface area contributed by atoms with Crippen LogP contribution in [0.2, 0.25) is 0 Å². The molecule has 1 rings (SSSR count). The van der Waals surface area contributed by atoms with Gasteiger partial charge in [-0.2, -0.15) is 0 Å². The lowest BCUT2D eigenvalue weighted by Crippen LogP contribution is -2.11. The third-order valence-corrected chi connectivity index (χ3v) is 2.37. The molecule has 0 radical (unpaired) electrons. The van der Waals surface area contributed by atoms with E-state index in [0.29, 0.717) is 38.7 Å². The second-order valence-electron chi connectivity index (χ2n) is 4.62. The molecular formula is C14H22FNO2. The molecule has 0 aromatic heterocycles. The smallest absolute Gasteiger partial charge is 0.165 e. The van der Waals surface area contributed by atoms with E-state index in [0.717, 1.165) is 5.56 Å². The van der Waals surface area contributed by atoms with Crippen molar-refractivity contribution in [2.24, 2.45) is 11.7 Å². The molecule has 1 aromatic carbocycles. The fourth-order valence-corrected chi connectivity index (χ4v) is 1.51. The summed E-state index contributed by atoms with van der Waals surface area (Å²) in [5, 5.41) is 0. The second kappa shape index (κ2) is 8.06. The summed E-state index contributed by atoms with van der Waals surface area (Å²) < 4.78 is 24.3. The Labute approximate surface area is 108 Å². The van der Waals surface area contributed by atoms with Crippen LogP contribution in [0, 0.1) is 11.7 Å². The predicted molar refractivity (Wildman–Crippen MR) is 70.3 cm³/mol. The molecule has 0 saturated carbocycles. The van der Waals surface area contributed by atoms with Crippen molar-refractivity contribution in [3.8, 4) is 5.75 Å². The Bertz CT molecular complexity index is 356. The number of nitrogens with two attached hydrogens (primary N) is 1. The molecule has 0 unspecified atom stereocenters. The van der Waals surface area contributed by atoms with Gasteiger partial charge in [0.05, 0.1) is 6.61 Å². The average molecular weight is 255 g/mol. The van der Waals surface area contributed by atoms with Crippen molar-refractivity contribution in [3.05, 3.63) is 29.6 Å². The van der Waals surface area contributed by atoms with Gasteiger partial charge in [0.1, 0.15) is 6.61 Å². The van der Waals surface area contributed by atoms with E-state index in [4.69, 9.17) is 15.2 Å². The van der Waals surface area contributed by atoms with Gasteiger partial charge in [-0.05, 0) is 36.6 Å². The summed E-state index contributed by atoms with van der Waals surface area (Å²) in [5.74, 6) is 0.422. The molecule has 102 valence electrons. The third kappa shape index (κ3) is 5.47. The van der Waals surface area contributed by atoms with Crippen LogP contribution in [0.1, 0.15) is 19.4 Å². The molecule has 0 aliphatic rings. The zero-order chi connectivity index (χ0) is 13.4. The molecule has 0 amide bonds. The largest absolute Gasteiger partial charge is 0.488 e. The SMILES string of the molecule is CC(C)COCCOc1ccc(CCN)cc1F. The van der Waals surface area contributed by atoms with Crippen LogP contribution in [0.15, 0.2) is 18.2 Å². The van der Waals surface area contributed by atoms with Gasteiger partial charge >= 0.3 is 0 Å². The monoisotopic (exact) mass is 255 g/mol. The Balaban J connectivity index is 2.34. The van der Waals surface area contributed by atoms with Crippen LogP contribution in [0.4, 0.5) is 4.39 Å². The molecule has 0 spiro atoms. The third-order valence-electron chi connectivity index (χ3n) is 2.37. The number of ether oxygens (including phenoxy) is 2. The van der Waals surface area contributed by atoms with Gasteiger partial charge in [0.25, 0.3) is 0 Å². The summed E-state index contributed by atoms with van der Waals surface area (Å²) >= 11 is 0. The van der Waals surface area contributed by atoms with E-state index >= 15 is 0 Å². The minimum atomic E-state index is -0.343. The van der Waals surface area contributed by atoms with Crippen LogP contribution in [-0.4, -0.2) is 26.4 Å². The molecule has 2 N–H and O–H groups in total. The first-order valence-corrected chi connectivity index (χ1v) is 6.32. The highest BCUT2D eigenvalue weighted by atomic mass is 19.1. The molecule has 0 aliphatic carbocycles. The standard InChI is InChI=1S/C14H22FNO2/c1-11(2)10-17-7-8-18-14-4-3-12(5-6-16)9-13(14)15/h3-4,9,11H,5-8,10,16H2,1-2H3. The van der Waals surface area contributed by atoms with Crippen molar-refractivity contribution in [2.75, 3.05) is 26.4 Å². The van der Waals surface area contributed by atoms with E-state index in [-0.39, 0.29) is 11.6 Å². The van der Waals surface area contributed by atoms with Crippen molar-refractivity contribution in [1.82, 2.24) is 0 Å². The molecule has 0 fully saturated rings. The Hall–Kier alpha value is -1.13. The zero-order valence-corrected chi connectivity index (χ0v) is 11.1. The Morgan fingerprint density at radius 1 is 1.28 bits per heavy atom. The van der Waals surface area contributed by atoms with E-state index in [1.807, 2.05) is 6.07 Å². The lowest BCUT2D eigenvalue weighted by Gasteiger charge is -2.10. The van der Waals surface area contributed by atoms with Crippen LogP contribution in [0.3, 0.4) is 0 Å². The summed E-state index contributed by atoms with van der Waals surface area (Å²) in [5.41, 5.74) is 6.30. The molecule has 0 atom stereocenters. The molecular weight excluding hydrogens is 233 g/mol. The zero-order valence-electron chi connectivity index (χ0n) is 11.1. The first kappa shape index (κ1) is 14.9. The fourth-order valence-electron chi connectivity index (χ4n) is 1.51. The van der Waals surface area contributed by atoms with E-state index in [1.165, 1.54) is 6.07 Å². The molecule has 0 bridgehead atoms. The van der Waals surface area contributed by atoms with E-state index < -0.39 is 0 Å². The van der Waals surface area contributed by atoms with Gasteiger partial charge in [-0.25, -0.2) is 4.39 Å².